The van der Waals surface area contributed by atoms with E-state index < -0.39 is 49.3 Å². The monoisotopic (exact) mass is 743 g/mol. The quantitative estimate of drug-likeness (QED) is 0.224. The number of carbonyl (C=O) groups excluding carboxylic acids is 1. The van der Waals surface area contributed by atoms with Crippen LogP contribution in [-0.2, 0) is 19.9 Å². The number of nitrogens with one attached hydrogen (secondary N) is 1. The number of aryl methyl sites for hydroxylation is 3. The second-order valence-corrected chi connectivity index (χ2v) is 13.9. The van der Waals surface area contributed by atoms with Crippen LogP contribution < -0.4 is 14.2 Å². The molecule has 0 spiro atoms. The fourth-order valence-corrected chi connectivity index (χ4v) is 6.86. The summed E-state index contributed by atoms with van der Waals surface area (Å²) >= 11 is 0. The van der Waals surface area contributed by atoms with Gasteiger partial charge in [0.25, 0.3) is 15.2 Å². The highest BCUT2D eigenvalue weighted by molar-refractivity contribution is 7.93. The summed E-state index contributed by atoms with van der Waals surface area (Å²) in [5, 5.41) is 14.0. The minimum atomic E-state index is -5.16. The Balaban J connectivity index is 0.000000271. The van der Waals surface area contributed by atoms with Crippen molar-refractivity contribution in [3.05, 3.63) is 76.6 Å². The van der Waals surface area contributed by atoms with Gasteiger partial charge in [-0.3, -0.25) is 4.72 Å². The molecular formula is C30H36F3N7O8S2. The smallest absolute Gasteiger partial charge is 0.355 e. The van der Waals surface area contributed by atoms with Crippen LogP contribution in [0.3, 0.4) is 0 Å². The number of sulfone groups is 1. The summed E-state index contributed by atoms with van der Waals surface area (Å²) in [6.45, 7) is 10.1. The van der Waals surface area contributed by atoms with Crippen LogP contribution in [0.2, 0.25) is 0 Å². The van der Waals surface area contributed by atoms with Gasteiger partial charge in [0.2, 0.25) is 21.6 Å². The number of halogens is 3. The number of para-hydroxylation sites is 1. The summed E-state index contributed by atoms with van der Waals surface area (Å²) in [5.41, 5.74) is 1.05. The molecule has 4 aromatic rings. The van der Waals surface area contributed by atoms with E-state index in [-0.39, 0.29) is 33.2 Å². The molecule has 1 unspecified atom stereocenters. The lowest BCUT2D eigenvalue weighted by atomic mass is 10.1. The van der Waals surface area contributed by atoms with Crippen LogP contribution in [-0.4, -0.2) is 90.7 Å². The van der Waals surface area contributed by atoms with Gasteiger partial charge in [-0.1, -0.05) is 29.8 Å². The number of aromatic nitrogens is 5. The summed E-state index contributed by atoms with van der Waals surface area (Å²) in [5.74, 6) is -5.25. The lowest BCUT2D eigenvalue weighted by Crippen LogP contribution is -2.34. The van der Waals surface area contributed by atoms with Crippen LogP contribution in [0.5, 0.6) is 11.8 Å². The number of rotatable bonds is 11. The Morgan fingerprint density at radius 2 is 1.54 bits per heavy atom. The molecule has 50 heavy (non-hydrogen) atoms. The molecule has 272 valence electrons. The highest BCUT2D eigenvalue weighted by atomic mass is 32.2. The number of carbonyl (C=O) groups is 1. The third-order valence-electron chi connectivity index (χ3n) is 6.99. The van der Waals surface area contributed by atoms with Gasteiger partial charge in [-0.05, 0) is 51.8 Å². The van der Waals surface area contributed by atoms with Gasteiger partial charge in [-0.2, -0.15) is 23.4 Å². The average molecular weight is 744 g/mol. The Morgan fingerprint density at radius 1 is 0.980 bits per heavy atom. The SMILES string of the molecule is CCN(CC)C(=O)n1cnc(S(=O)(=O)c2c(C)cc(C)cc2C)n1.COc1cc(OC)nc(C(O)c2cccc(F)c2NS(=O)(=O)C(F)F)n1. The van der Waals surface area contributed by atoms with Gasteiger partial charge in [0.15, 0.2) is 5.82 Å². The molecule has 0 fully saturated rings. The zero-order chi connectivity index (χ0) is 37.6. The summed E-state index contributed by atoms with van der Waals surface area (Å²) in [6.07, 6.45) is -0.614. The topological polar surface area (TPSA) is 196 Å². The van der Waals surface area contributed by atoms with Crippen molar-refractivity contribution >= 4 is 31.6 Å². The molecule has 20 heteroatoms. The number of alkyl halides is 2. The summed E-state index contributed by atoms with van der Waals surface area (Å²) in [4.78, 5) is 25.6. The van der Waals surface area contributed by atoms with Gasteiger partial charge in [0.1, 0.15) is 18.2 Å². The number of ether oxygens (including phenoxy) is 2. The molecule has 0 saturated heterocycles. The van der Waals surface area contributed by atoms with Crippen molar-refractivity contribution in [1.29, 1.82) is 0 Å². The summed E-state index contributed by atoms with van der Waals surface area (Å²) < 4.78 is 100.0. The van der Waals surface area contributed by atoms with Crippen molar-refractivity contribution in [2.75, 3.05) is 32.0 Å². The van der Waals surface area contributed by atoms with Crippen LogP contribution in [0.15, 0.2) is 52.8 Å². The van der Waals surface area contributed by atoms with Gasteiger partial charge in [-0.25, -0.2) is 31.0 Å². The van der Waals surface area contributed by atoms with Crippen LogP contribution in [0, 0.1) is 26.6 Å². The number of anilines is 1. The molecule has 2 heterocycles. The molecule has 2 aromatic heterocycles. The van der Waals surface area contributed by atoms with E-state index in [1.165, 1.54) is 29.9 Å². The number of sulfonamides is 1. The van der Waals surface area contributed by atoms with Crippen molar-refractivity contribution in [2.45, 2.75) is 56.5 Å². The van der Waals surface area contributed by atoms with E-state index in [1.807, 2.05) is 20.8 Å². The second kappa shape index (κ2) is 16.3. The standard InChI is InChI=1S/C16H22N4O3S.C14H14F3N3O5S/c1-6-19(7-2)16(21)20-10-17-15(18-20)24(22,23)14-12(4)8-11(3)9-13(14)5;1-24-9-6-10(25-2)19-13(18-9)12(21)7-4-3-5-8(15)11(7)20-26(22,23)14(16)17/h8-10H,6-7H2,1-5H3;3-6,12,14,20-21H,1-2H3. The molecule has 0 aliphatic carbocycles. The molecule has 15 nitrogen and oxygen atoms in total. The Bertz CT molecular complexity index is 2010. The molecule has 0 aliphatic heterocycles. The minimum absolute atomic E-state index is 0.0111. The van der Waals surface area contributed by atoms with E-state index in [2.05, 4.69) is 20.1 Å². The van der Waals surface area contributed by atoms with Crippen molar-refractivity contribution in [2.24, 2.45) is 0 Å². The molecule has 0 saturated carbocycles. The van der Waals surface area contributed by atoms with Gasteiger partial charge in [0, 0.05) is 18.7 Å². The van der Waals surface area contributed by atoms with Gasteiger partial charge < -0.3 is 19.5 Å². The fourth-order valence-electron chi connectivity index (χ4n) is 4.74. The predicted molar refractivity (Wildman–Crippen MR) is 174 cm³/mol. The van der Waals surface area contributed by atoms with E-state index in [0.29, 0.717) is 24.2 Å². The highest BCUT2D eigenvalue weighted by Gasteiger charge is 2.30. The minimum Gasteiger partial charge on any atom is -0.481 e. The molecule has 2 aromatic carbocycles. The van der Waals surface area contributed by atoms with Gasteiger partial charge >= 0.3 is 11.8 Å². The van der Waals surface area contributed by atoms with Crippen molar-refractivity contribution in [3.8, 4) is 11.8 Å². The van der Waals surface area contributed by atoms with Crippen LogP contribution in [0.25, 0.3) is 0 Å². The fraction of sp³-hybridized carbons (Fsp3) is 0.367. The molecular weight excluding hydrogens is 707 g/mol. The Labute approximate surface area is 287 Å². The predicted octanol–water partition coefficient (Wildman–Crippen LogP) is 4.02. The maximum absolute atomic E-state index is 14.0. The number of amides is 1. The number of aliphatic hydroxyl groups excluding tert-OH is 1. The number of methoxy groups -OCH3 is 2. The van der Waals surface area contributed by atoms with Crippen molar-refractivity contribution in [1.82, 2.24) is 29.6 Å². The van der Waals surface area contributed by atoms with Crippen molar-refractivity contribution in [3.63, 3.8) is 0 Å². The lowest BCUT2D eigenvalue weighted by Gasteiger charge is -2.17. The number of benzene rings is 2. The molecule has 0 radical (unpaired) electrons. The van der Waals surface area contributed by atoms with Gasteiger partial charge in [0.05, 0.1) is 30.9 Å². The molecule has 0 bridgehead atoms. The first-order valence-electron chi connectivity index (χ1n) is 14.7. The van der Waals surface area contributed by atoms with E-state index in [1.54, 1.807) is 26.0 Å². The molecule has 4 rings (SSSR count). The maximum Gasteiger partial charge on any atom is 0.355 e. The van der Waals surface area contributed by atoms with Crippen LogP contribution in [0.4, 0.5) is 23.7 Å². The van der Waals surface area contributed by atoms with E-state index >= 15 is 0 Å². The largest absolute Gasteiger partial charge is 0.481 e. The molecule has 1 atom stereocenters. The number of nitrogens with zero attached hydrogens (tertiary/aromatic N) is 6. The maximum atomic E-state index is 14.0. The van der Waals surface area contributed by atoms with E-state index in [0.717, 1.165) is 34.8 Å². The van der Waals surface area contributed by atoms with Crippen LogP contribution in [0.1, 0.15) is 48.0 Å². The average Bonchev–Trinajstić information content (AvgIpc) is 3.57. The molecule has 1 amide bonds. The summed E-state index contributed by atoms with van der Waals surface area (Å²) in [7, 11) is -6.46. The Kier molecular flexibility index (Phi) is 12.9. The van der Waals surface area contributed by atoms with Crippen LogP contribution >= 0.6 is 0 Å². The lowest BCUT2D eigenvalue weighted by molar-refractivity contribution is 0.201. The summed E-state index contributed by atoms with van der Waals surface area (Å²) in [6, 6.07) is 7.65. The first-order chi connectivity index (χ1) is 23.4. The zero-order valence-corrected chi connectivity index (χ0v) is 29.7. The van der Waals surface area contributed by atoms with E-state index in [9.17, 15) is 39.9 Å². The molecule has 2 N–H and O–H groups in total. The third kappa shape index (κ3) is 8.85. The third-order valence-corrected chi connectivity index (χ3v) is 9.80. The first kappa shape index (κ1) is 39.6. The number of aliphatic hydroxyl groups is 1. The highest BCUT2D eigenvalue weighted by Crippen LogP contribution is 2.32. The zero-order valence-electron chi connectivity index (χ0n) is 28.0. The Hall–Kier alpha value is -4.82. The molecule has 0 aliphatic rings. The second-order valence-electron chi connectivity index (χ2n) is 10.5. The first-order valence-corrected chi connectivity index (χ1v) is 17.7. The van der Waals surface area contributed by atoms with E-state index in [4.69, 9.17) is 9.47 Å². The normalized spacial score (nSPS) is 12.2. The van der Waals surface area contributed by atoms with Crippen molar-refractivity contribution < 1.29 is 49.4 Å². The Morgan fingerprint density at radius 3 is 2.04 bits per heavy atom. The number of hydrogen-bond donors (Lipinski definition) is 2. The number of hydrogen-bond acceptors (Lipinski definition) is 12. The van der Waals surface area contributed by atoms with Gasteiger partial charge in [-0.15, -0.1) is 5.10 Å².